The molecule has 2 atom stereocenters. The Bertz CT molecular complexity index is 876. The van der Waals surface area contributed by atoms with Crippen molar-refractivity contribution in [3.05, 3.63) is 64.2 Å². The lowest BCUT2D eigenvalue weighted by atomic mass is 9.97. The van der Waals surface area contributed by atoms with Crippen LogP contribution in [0.25, 0.3) is 0 Å². The highest BCUT2D eigenvalue weighted by molar-refractivity contribution is 5.95. The topological polar surface area (TPSA) is 78.7 Å². The summed E-state index contributed by atoms with van der Waals surface area (Å²) in [5.41, 5.74) is 3.14. The van der Waals surface area contributed by atoms with Crippen LogP contribution in [-0.4, -0.2) is 48.0 Å². The van der Waals surface area contributed by atoms with Gasteiger partial charge in [-0.2, -0.15) is 0 Å². The summed E-state index contributed by atoms with van der Waals surface area (Å²) in [4.78, 5) is 27.7. The monoisotopic (exact) mass is 410 g/mol. The number of anilines is 2. The van der Waals surface area contributed by atoms with Crippen LogP contribution < -0.4 is 10.2 Å². The van der Waals surface area contributed by atoms with Crippen molar-refractivity contribution in [2.75, 3.05) is 36.4 Å². The first kappa shape index (κ1) is 21.8. The number of nitrogens with zero attached hydrogens (tertiary/aromatic N) is 3. The van der Waals surface area contributed by atoms with Gasteiger partial charge in [-0.3, -0.25) is 19.8 Å². The number of non-ortho nitro benzene ring substituents is 1. The Morgan fingerprint density at radius 1 is 1.07 bits per heavy atom. The number of carbonyl (C=O) groups excluding carboxylic acids is 1. The summed E-state index contributed by atoms with van der Waals surface area (Å²) < 4.78 is 0. The molecule has 0 radical (unpaired) electrons. The average Bonchev–Trinajstić information content (AvgIpc) is 2.78. The molecular formula is C23H30N4O3. The molecule has 30 heavy (non-hydrogen) atoms. The number of benzene rings is 2. The summed E-state index contributed by atoms with van der Waals surface area (Å²) in [6.45, 7) is 9.35. The fourth-order valence-corrected chi connectivity index (χ4v) is 3.82. The first-order valence-electron chi connectivity index (χ1n) is 10.5. The molecule has 1 aliphatic heterocycles. The molecule has 3 rings (SSSR count). The lowest BCUT2D eigenvalue weighted by molar-refractivity contribution is -0.384. The summed E-state index contributed by atoms with van der Waals surface area (Å²) in [5.74, 6) is 0.400. The fraction of sp³-hybridized carbons (Fsp3) is 0.435. The number of carbonyl (C=O) groups is 1. The minimum absolute atomic E-state index is 0.00883. The van der Waals surface area contributed by atoms with Crippen LogP contribution in [0.3, 0.4) is 0 Å². The van der Waals surface area contributed by atoms with Gasteiger partial charge >= 0.3 is 0 Å². The van der Waals surface area contributed by atoms with Gasteiger partial charge in [-0.1, -0.05) is 32.0 Å². The second-order valence-corrected chi connectivity index (χ2v) is 7.86. The van der Waals surface area contributed by atoms with Gasteiger partial charge in [0.15, 0.2) is 0 Å². The third-order valence-corrected chi connectivity index (χ3v) is 6.03. The first-order valence-corrected chi connectivity index (χ1v) is 10.5. The fourth-order valence-electron chi connectivity index (χ4n) is 3.82. The average molecular weight is 411 g/mol. The van der Waals surface area contributed by atoms with Gasteiger partial charge in [0.05, 0.1) is 11.0 Å². The van der Waals surface area contributed by atoms with Crippen LogP contribution in [0.2, 0.25) is 0 Å². The molecule has 1 fully saturated rings. The lowest BCUT2D eigenvalue weighted by Gasteiger charge is -2.38. The van der Waals surface area contributed by atoms with E-state index in [2.05, 4.69) is 35.0 Å². The Labute approximate surface area is 177 Å². The van der Waals surface area contributed by atoms with Gasteiger partial charge in [0.1, 0.15) is 0 Å². The number of hydrogen-bond donors (Lipinski definition) is 1. The Balaban J connectivity index is 1.58. The molecule has 0 aromatic heterocycles. The molecule has 0 saturated carbocycles. The second kappa shape index (κ2) is 9.71. The van der Waals surface area contributed by atoms with Gasteiger partial charge in [-0.05, 0) is 43.0 Å². The highest BCUT2D eigenvalue weighted by atomic mass is 16.6. The minimum atomic E-state index is -0.387. The van der Waals surface area contributed by atoms with E-state index in [0.717, 1.165) is 44.0 Å². The normalized spacial score (nSPS) is 16.7. The van der Waals surface area contributed by atoms with Gasteiger partial charge in [0.2, 0.25) is 5.91 Å². The predicted molar refractivity (Wildman–Crippen MR) is 120 cm³/mol. The SMILES string of the molecule is CC[C@H](C)c1ccccc1NC(=O)[C@H](C)N1CCN(c2ccc([N+](=O)[O-])cc2)CC1. The van der Waals surface area contributed by atoms with Crippen LogP contribution in [-0.2, 0) is 4.79 Å². The van der Waals surface area contributed by atoms with Crippen molar-refractivity contribution >= 4 is 23.0 Å². The number of hydrogen-bond acceptors (Lipinski definition) is 5. The lowest BCUT2D eigenvalue weighted by Crippen LogP contribution is -2.52. The van der Waals surface area contributed by atoms with Crippen LogP contribution >= 0.6 is 0 Å². The Hall–Kier alpha value is -2.93. The third-order valence-electron chi connectivity index (χ3n) is 6.03. The number of amides is 1. The minimum Gasteiger partial charge on any atom is -0.369 e. The highest BCUT2D eigenvalue weighted by Crippen LogP contribution is 2.27. The summed E-state index contributed by atoms with van der Waals surface area (Å²) >= 11 is 0. The van der Waals surface area contributed by atoms with Crippen LogP contribution in [0, 0.1) is 10.1 Å². The summed E-state index contributed by atoms with van der Waals surface area (Å²) in [6.07, 6.45) is 1.02. The maximum atomic E-state index is 12.9. The zero-order chi connectivity index (χ0) is 21.7. The van der Waals surface area contributed by atoms with Crippen molar-refractivity contribution in [2.45, 2.75) is 39.2 Å². The highest BCUT2D eigenvalue weighted by Gasteiger charge is 2.26. The second-order valence-electron chi connectivity index (χ2n) is 7.86. The van der Waals surface area contributed by atoms with E-state index in [1.165, 1.54) is 17.7 Å². The Morgan fingerprint density at radius 2 is 1.70 bits per heavy atom. The molecule has 1 aliphatic rings. The largest absolute Gasteiger partial charge is 0.369 e. The number of nitro groups is 1. The molecular weight excluding hydrogens is 380 g/mol. The zero-order valence-electron chi connectivity index (χ0n) is 17.9. The van der Waals surface area contributed by atoms with Gasteiger partial charge in [0, 0.05) is 49.7 Å². The molecule has 160 valence electrons. The third kappa shape index (κ3) is 4.97. The molecule has 7 nitrogen and oxygen atoms in total. The van der Waals surface area contributed by atoms with Crippen LogP contribution in [0.4, 0.5) is 17.1 Å². The smallest absolute Gasteiger partial charge is 0.269 e. The van der Waals surface area contributed by atoms with Crippen LogP contribution in [0.1, 0.15) is 38.7 Å². The first-order chi connectivity index (χ1) is 14.4. The molecule has 0 spiro atoms. The van der Waals surface area contributed by atoms with E-state index in [4.69, 9.17) is 0 Å². The van der Waals surface area contributed by atoms with E-state index in [-0.39, 0.29) is 22.6 Å². The zero-order valence-corrected chi connectivity index (χ0v) is 17.9. The maximum absolute atomic E-state index is 12.9. The molecule has 0 aliphatic carbocycles. The molecule has 0 unspecified atom stereocenters. The molecule has 7 heteroatoms. The van der Waals surface area contributed by atoms with Crippen molar-refractivity contribution in [1.29, 1.82) is 0 Å². The van der Waals surface area contributed by atoms with E-state index in [1.807, 2.05) is 25.1 Å². The van der Waals surface area contributed by atoms with Gasteiger partial charge in [-0.25, -0.2) is 0 Å². The Kier molecular flexibility index (Phi) is 7.05. The summed E-state index contributed by atoms with van der Waals surface area (Å²) in [5, 5.41) is 13.9. The van der Waals surface area contributed by atoms with Crippen molar-refractivity contribution < 1.29 is 9.72 Å². The van der Waals surface area contributed by atoms with Gasteiger partial charge in [0.25, 0.3) is 5.69 Å². The standard InChI is InChI=1S/C23H30N4O3/c1-4-17(2)21-7-5-6-8-22(21)24-23(28)18(3)25-13-15-26(16-14-25)19-9-11-20(12-10-19)27(29)30/h5-12,17-18H,4,13-16H2,1-3H3,(H,24,28)/t17-,18-/m0/s1. The predicted octanol–water partition coefficient (Wildman–Crippen LogP) is 4.26. The molecule has 2 aromatic rings. The van der Waals surface area contributed by atoms with Crippen molar-refractivity contribution in [2.24, 2.45) is 0 Å². The van der Waals surface area contributed by atoms with E-state index < -0.39 is 0 Å². The van der Waals surface area contributed by atoms with E-state index in [9.17, 15) is 14.9 Å². The van der Waals surface area contributed by atoms with Gasteiger partial charge in [-0.15, -0.1) is 0 Å². The molecule has 1 heterocycles. The van der Waals surface area contributed by atoms with Crippen LogP contribution in [0.5, 0.6) is 0 Å². The van der Waals surface area contributed by atoms with Crippen LogP contribution in [0.15, 0.2) is 48.5 Å². The van der Waals surface area contributed by atoms with Gasteiger partial charge < -0.3 is 10.2 Å². The number of rotatable bonds is 7. The van der Waals surface area contributed by atoms with Crippen molar-refractivity contribution in [3.63, 3.8) is 0 Å². The number of piperazine rings is 1. The van der Waals surface area contributed by atoms with Crippen molar-refractivity contribution in [3.8, 4) is 0 Å². The molecule has 1 saturated heterocycles. The summed E-state index contributed by atoms with van der Waals surface area (Å²) in [7, 11) is 0. The molecule has 0 bridgehead atoms. The van der Waals surface area contributed by atoms with E-state index >= 15 is 0 Å². The quantitative estimate of drug-likeness (QED) is 0.545. The van der Waals surface area contributed by atoms with E-state index in [1.54, 1.807) is 12.1 Å². The number of para-hydroxylation sites is 1. The summed E-state index contributed by atoms with van der Waals surface area (Å²) in [6, 6.07) is 14.4. The molecule has 1 N–H and O–H groups in total. The van der Waals surface area contributed by atoms with Crippen molar-refractivity contribution in [1.82, 2.24) is 4.90 Å². The van der Waals surface area contributed by atoms with E-state index in [0.29, 0.717) is 5.92 Å². The number of nitrogens with one attached hydrogen (secondary N) is 1. The molecule has 2 aromatic carbocycles. The molecule has 1 amide bonds. The number of nitro benzene ring substituents is 1. The Morgan fingerprint density at radius 3 is 2.30 bits per heavy atom. The maximum Gasteiger partial charge on any atom is 0.269 e.